The van der Waals surface area contributed by atoms with E-state index in [4.69, 9.17) is 0 Å². The van der Waals surface area contributed by atoms with Crippen molar-refractivity contribution in [2.75, 3.05) is 18.5 Å². The molecule has 138 valence electrons. The number of alkyl halides is 3. The van der Waals surface area contributed by atoms with Crippen molar-refractivity contribution < 1.29 is 27.5 Å². The molecule has 0 unspecified atom stereocenters. The summed E-state index contributed by atoms with van der Waals surface area (Å²) in [6.45, 7) is -1.38. The highest BCUT2D eigenvalue weighted by atomic mass is 19.4. The van der Waals surface area contributed by atoms with Crippen LogP contribution in [0.1, 0.15) is 16.8 Å². The molecule has 0 radical (unpaired) electrons. The van der Waals surface area contributed by atoms with E-state index in [0.717, 1.165) is 12.3 Å². The van der Waals surface area contributed by atoms with E-state index in [9.17, 15) is 22.8 Å². The Morgan fingerprint density at radius 3 is 2.58 bits per heavy atom. The number of rotatable bonds is 7. The van der Waals surface area contributed by atoms with Crippen molar-refractivity contribution in [1.82, 2.24) is 15.3 Å². The molecule has 7 nitrogen and oxygen atoms in total. The van der Waals surface area contributed by atoms with Gasteiger partial charge in [-0.05, 0) is 18.2 Å². The SMILES string of the molecule is O=C(CCNC(=O)c1ccc(OCC(F)(F)F)nc1)Nc1cccnc1. The Morgan fingerprint density at radius 1 is 1.15 bits per heavy atom. The Labute approximate surface area is 146 Å². The first-order valence-corrected chi connectivity index (χ1v) is 7.47. The molecular weight excluding hydrogens is 353 g/mol. The summed E-state index contributed by atoms with van der Waals surface area (Å²) in [5.74, 6) is -1.05. The van der Waals surface area contributed by atoms with E-state index in [-0.39, 0.29) is 30.3 Å². The van der Waals surface area contributed by atoms with Crippen molar-refractivity contribution in [1.29, 1.82) is 0 Å². The van der Waals surface area contributed by atoms with Crippen molar-refractivity contribution in [3.05, 3.63) is 48.4 Å². The van der Waals surface area contributed by atoms with Gasteiger partial charge in [-0.3, -0.25) is 14.6 Å². The molecule has 0 saturated carbocycles. The minimum atomic E-state index is -4.46. The Balaban J connectivity index is 1.74. The zero-order valence-electron chi connectivity index (χ0n) is 13.4. The normalized spacial score (nSPS) is 10.9. The second kappa shape index (κ2) is 8.79. The molecule has 2 aromatic heterocycles. The van der Waals surface area contributed by atoms with Crippen molar-refractivity contribution in [2.24, 2.45) is 0 Å². The second-order valence-corrected chi connectivity index (χ2v) is 5.08. The van der Waals surface area contributed by atoms with E-state index >= 15 is 0 Å². The molecule has 0 aliphatic carbocycles. The number of nitrogens with zero attached hydrogens (tertiary/aromatic N) is 2. The largest absolute Gasteiger partial charge is 0.468 e. The number of hydrogen-bond donors (Lipinski definition) is 2. The molecule has 2 rings (SSSR count). The number of hydrogen-bond acceptors (Lipinski definition) is 5. The smallest absolute Gasteiger partial charge is 0.422 e. The monoisotopic (exact) mass is 368 g/mol. The molecule has 0 aliphatic heterocycles. The Hall–Kier alpha value is -3.17. The number of nitrogens with one attached hydrogen (secondary N) is 2. The van der Waals surface area contributed by atoms with E-state index in [0.29, 0.717) is 5.69 Å². The maximum Gasteiger partial charge on any atom is 0.422 e. The van der Waals surface area contributed by atoms with Gasteiger partial charge in [0.05, 0.1) is 17.4 Å². The first kappa shape index (κ1) is 19.2. The maximum absolute atomic E-state index is 12.0. The summed E-state index contributed by atoms with van der Waals surface area (Å²) in [6, 6.07) is 5.80. The number of halogens is 3. The molecular formula is C16H15F3N4O3. The summed E-state index contributed by atoms with van der Waals surface area (Å²) in [6.07, 6.45) is -0.264. The third-order valence-corrected chi connectivity index (χ3v) is 2.97. The Bertz CT molecular complexity index is 737. The van der Waals surface area contributed by atoms with Crippen LogP contribution < -0.4 is 15.4 Å². The van der Waals surface area contributed by atoms with Crippen LogP contribution in [0.15, 0.2) is 42.9 Å². The predicted octanol–water partition coefficient (Wildman–Crippen LogP) is 2.18. The number of aromatic nitrogens is 2. The van der Waals surface area contributed by atoms with Gasteiger partial charge in [-0.15, -0.1) is 0 Å². The zero-order valence-corrected chi connectivity index (χ0v) is 13.4. The fourth-order valence-corrected chi connectivity index (χ4v) is 1.81. The molecule has 26 heavy (non-hydrogen) atoms. The molecule has 2 heterocycles. The van der Waals surface area contributed by atoms with Gasteiger partial charge >= 0.3 is 6.18 Å². The summed E-state index contributed by atoms with van der Waals surface area (Å²) in [5.41, 5.74) is 0.680. The quantitative estimate of drug-likeness (QED) is 0.781. The molecule has 0 bridgehead atoms. The summed E-state index contributed by atoms with van der Waals surface area (Å²) in [5, 5.41) is 5.13. The van der Waals surface area contributed by atoms with E-state index in [1.165, 1.54) is 12.3 Å². The van der Waals surface area contributed by atoms with Gasteiger partial charge in [0.25, 0.3) is 5.91 Å². The standard InChI is InChI=1S/C16H15F3N4O3/c17-16(18,19)10-26-14-4-3-11(8-22-14)15(25)21-7-5-13(24)23-12-2-1-6-20-9-12/h1-4,6,8-9H,5,7,10H2,(H,21,25)(H,23,24). The highest BCUT2D eigenvalue weighted by molar-refractivity contribution is 5.95. The van der Waals surface area contributed by atoms with Crippen LogP contribution in [0.5, 0.6) is 5.88 Å². The highest BCUT2D eigenvalue weighted by Crippen LogP contribution is 2.17. The first-order valence-electron chi connectivity index (χ1n) is 7.47. The topological polar surface area (TPSA) is 93.2 Å². The van der Waals surface area contributed by atoms with Gasteiger partial charge < -0.3 is 15.4 Å². The number of carbonyl (C=O) groups excluding carboxylic acids is 2. The van der Waals surface area contributed by atoms with Crippen LogP contribution in [0.3, 0.4) is 0 Å². The predicted molar refractivity (Wildman–Crippen MR) is 85.6 cm³/mol. The van der Waals surface area contributed by atoms with Crippen LogP contribution in [0.4, 0.5) is 18.9 Å². The van der Waals surface area contributed by atoms with Crippen molar-refractivity contribution in [3.8, 4) is 5.88 Å². The van der Waals surface area contributed by atoms with Gasteiger partial charge in [-0.2, -0.15) is 13.2 Å². The lowest BCUT2D eigenvalue weighted by Gasteiger charge is -2.09. The second-order valence-electron chi connectivity index (χ2n) is 5.08. The summed E-state index contributed by atoms with van der Waals surface area (Å²) >= 11 is 0. The Kier molecular flexibility index (Phi) is 6.48. The van der Waals surface area contributed by atoms with Crippen molar-refractivity contribution in [3.63, 3.8) is 0 Å². The minimum absolute atomic E-state index is 0.0425. The Morgan fingerprint density at radius 2 is 1.96 bits per heavy atom. The summed E-state index contributed by atoms with van der Waals surface area (Å²) in [4.78, 5) is 31.1. The van der Waals surface area contributed by atoms with E-state index in [1.54, 1.807) is 18.3 Å². The van der Waals surface area contributed by atoms with E-state index in [2.05, 4.69) is 25.3 Å². The van der Waals surface area contributed by atoms with Crippen molar-refractivity contribution >= 4 is 17.5 Å². The minimum Gasteiger partial charge on any atom is -0.468 e. The third kappa shape index (κ3) is 6.75. The lowest BCUT2D eigenvalue weighted by Crippen LogP contribution is -2.27. The van der Waals surface area contributed by atoms with Gasteiger partial charge in [-0.25, -0.2) is 4.98 Å². The molecule has 0 aromatic carbocycles. The number of amides is 2. The van der Waals surface area contributed by atoms with Crippen LogP contribution in [0.25, 0.3) is 0 Å². The molecule has 0 spiro atoms. The van der Waals surface area contributed by atoms with Gasteiger partial charge in [0.1, 0.15) is 0 Å². The number of ether oxygens (including phenoxy) is 1. The molecule has 2 amide bonds. The number of carbonyl (C=O) groups is 2. The van der Waals surface area contributed by atoms with Gasteiger partial charge in [0.15, 0.2) is 6.61 Å². The fourth-order valence-electron chi connectivity index (χ4n) is 1.81. The lowest BCUT2D eigenvalue weighted by atomic mass is 10.2. The maximum atomic E-state index is 12.0. The van der Waals surface area contributed by atoms with Crippen LogP contribution in [-0.2, 0) is 4.79 Å². The molecule has 0 aliphatic rings. The molecule has 0 saturated heterocycles. The summed E-state index contributed by atoms with van der Waals surface area (Å²) in [7, 11) is 0. The molecule has 0 atom stereocenters. The molecule has 0 fully saturated rings. The van der Waals surface area contributed by atoms with Crippen LogP contribution in [-0.4, -0.2) is 41.1 Å². The zero-order chi connectivity index (χ0) is 19.0. The lowest BCUT2D eigenvalue weighted by molar-refractivity contribution is -0.154. The van der Waals surface area contributed by atoms with E-state index < -0.39 is 18.7 Å². The van der Waals surface area contributed by atoms with Gasteiger partial charge in [0, 0.05) is 31.4 Å². The fraction of sp³-hybridized carbons (Fsp3) is 0.250. The molecule has 10 heteroatoms. The summed E-state index contributed by atoms with van der Waals surface area (Å²) < 4.78 is 40.6. The van der Waals surface area contributed by atoms with Crippen LogP contribution in [0, 0.1) is 0 Å². The van der Waals surface area contributed by atoms with Crippen molar-refractivity contribution in [2.45, 2.75) is 12.6 Å². The molecule has 2 aromatic rings. The number of pyridine rings is 2. The van der Waals surface area contributed by atoms with Crippen LogP contribution in [0.2, 0.25) is 0 Å². The first-order chi connectivity index (χ1) is 12.3. The highest BCUT2D eigenvalue weighted by Gasteiger charge is 2.28. The van der Waals surface area contributed by atoms with Gasteiger partial charge in [-0.1, -0.05) is 0 Å². The van der Waals surface area contributed by atoms with Gasteiger partial charge in [0.2, 0.25) is 11.8 Å². The molecule has 2 N–H and O–H groups in total. The third-order valence-electron chi connectivity index (χ3n) is 2.97. The van der Waals surface area contributed by atoms with E-state index in [1.807, 2.05) is 0 Å². The average Bonchev–Trinajstić information content (AvgIpc) is 2.60. The average molecular weight is 368 g/mol. The van der Waals surface area contributed by atoms with Crippen LogP contribution >= 0.6 is 0 Å². The number of anilines is 1.